The average molecular weight is 1830 g/mol. The van der Waals surface area contributed by atoms with Gasteiger partial charge in [-0.1, -0.05) is 127 Å². The maximum absolute atomic E-state index is 14.8. The van der Waals surface area contributed by atoms with Gasteiger partial charge in [-0.25, -0.2) is 82.4 Å². The Bertz CT molecular complexity index is 6370. The summed E-state index contributed by atoms with van der Waals surface area (Å²) < 4.78 is 85.0. The number of nitrogens with zero attached hydrogens (tertiary/aromatic N) is 13. The normalized spacial score (nSPS) is 22.5. The Hall–Kier alpha value is -14.8. The lowest BCUT2D eigenvalue weighted by Gasteiger charge is -2.24. The van der Waals surface area contributed by atoms with Crippen LogP contribution < -0.4 is 47.4 Å². The van der Waals surface area contributed by atoms with Crippen molar-refractivity contribution in [2.45, 2.75) is 133 Å². The van der Waals surface area contributed by atoms with Crippen LogP contribution in [0.5, 0.6) is 0 Å². The number of carboxylic acid groups (broad SMARTS) is 3. The number of imidazole rings is 3. The number of benzene rings is 6. The van der Waals surface area contributed by atoms with Gasteiger partial charge in [0, 0.05) is 44.2 Å². The molecule has 5 saturated heterocycles. The van der Waals surface area contributed by atoms with Gasteiger partial charge in [-0.3, -0.25) is 39.5 Å². The van der Waals surface area contributed by atoms with Crippen LogP contribution in [-0.2, 0) is 52.3 Å². The lowest BCUT2D eigenvalue weighted by molar-refractivity contribution is -0.152. The van der Waals surface area contributed by atoms with E-state index in [-0.39, 0.29) is 81.8 Å². The summed E-state index contributed by atoms with van der Waals surface area (Å²) in [5.41, 5.74) is 3.06. The number of ether oxygens (including phenoxy) is 8. The Morgan fingerprint density at radius 3 is 1.37 bits per heavy atom. The number of aromatic nitrogens is 12. The van der Waals surface area contributed by atoms with Crippen molar-refractivity contribution in [3.05, 3.63) is 240 Å². The van der Waals surface area contributed by atoms with Crippen molar-refractivity contribution in [1.82, 2.24) is 74.5 Å². The predicted octanol–water partition coefficient (Wildman–Crippen LogP) is 11.2. The first-order valence-corrected chi connectivity index (χ1v) is 42.0. The number of carboxylic acids is 3. The summed E-state index contributed by atoms with van der Waals surface area (Å²) in [7, 11) is 1.30. The van der Waals surface area contributed by atoms with E-state index in [1.54, 1.807) is 42.3 Å². The molecule has 1 aliphatic carbocycles. The number of rotatable bonds is 25. The zero-order chi connectivity index (χ0) is 92.5. The minimum atomic E-state index is -1.37. The lowest BCUT2D eigenvalue weighted by atomic mass is 10.0. The molecule has 9 amide bonds. The zero-order valence-corrected chi connectivity index (χ0v) is 71.1. The van der Waals surface area contributed by atoms with Crippen LogP contribution in [0.4, 0.5) is 57.7 Å². The van der Waals surface area contributed by atoms with Crippen molar-refractivity contribution in [2.75, 3.05) is 58.2 Å². The third-order valence-electron chi connectivity index (χ3n) is 22.2. The number of anilines is 6. The van der Waals surface area contributed by atoms with Crippen LogP contribution in [0.25, 0.3) is 39.6 Å². The molecular formula is C88H84ClF2N21O20. The molecule has 41 nitrogen and oxygen atoms in total. The van der Waals surface area contributed by atoms with E-state index in [2.05, 4.69) is 87.4 Å². The highest BCUT2D eigenvalue weighted by Crippen LogP contribution is 2.50. The fourth-order valence-corrected chi connectivity index (χ4v) is 16.6. The fraction of sp³-hybridized carbons (Fsp3) is 0.295. The van der Waals surface area contributed by atoms with Crippen LogP contribution in [0, 0.1) is 17.6 Å². The quantitative estimate of drug-likeness (QED) is 0.0253. The van der Waals surface area contributed by atoms with Crippen LogP contribution in [0.15, 0.2) is 190 Å². The number of hydrogen-bond acceptors (Lipinski definition) is 26. The van der Waals surface area contributed by atoms with Crippen LogP contribution in [0.2, 0.25) is 5.02 Å². The molecule has 12 aromatic rings. The summed E-state index contributed by atoms with van der Waals surface area (Å²) in [5.74, 6) is -7.11. The van der Waals surface area contributed by atoms with Gasteiger partial charge in [0.1, 0.15) is 61.1 Å². The number of para-hydroxylation sites is 3. The largest absolute Gasteiger partial charge is 0.478 e. The van der Waals surface area contributed by atoms with Gasteiger partial charge in [-0.2, -0.15) is 0 Å². The summed E-state index contributed by atoms with van der Waals surface area (Å²) in [4.78, 5) is 151. The topological polar surface area (TPSA) is 518 Å². The molecule has 132 heavy (non-hydrogen) atoms. The number of hydrogen-bond donors (Lipinski definition) is 11. The molecule has 15 atom stereocenters. The molecule has 682 valence electrons. The minimum Gasteiger partial charge on any atom is -0.478 e. The number of carbonyl (C=O) groups is 9. The van der Waals surface area contributed by atoms with Crippen molar-refractivity contribution in [3.63, 3.8) is 0 Å². The molecule has 11 N–H and O–H groups in total. The molecular weight excluding hydrogens is 1740 g/mol. The van der Waals surface area contributed by atoms with E-state index in [0.717, 1.165) is 33.7 Å². The number of fused-ring (bicyclic) bond motifs is 6. The third kappa shape index (κ3) is 19.4. The zero-order valence-electron chi connectivity index (χ0n) is 70.3. The highest BCUT2D eigenvalue weighted by Gasteiger charge is 2.57. The number of aromatic carboxylic acids is 3. The Balaban J connectivity index is 0.000000144. The predicted molar refractivity (Wildman–Crippen MR) is 466 cm³/mol. The van der Waals surface area contributed by atoms with Gasteiger partial charge in [0.25, 0.3) is 0 Å². The van der Waals surface area contributed by atoms with Crippen molar-refractivity contribution >= 4 is 139 Å². The van der Waals surface area contributed by atoms with Gasteiger partial charge in [0.05, 0.1) is 95.0 Å². The van der Waals surface area contributed by atoms with E-state index in [0.29, 0.717) is 59.5 Å². The van der Waals surface area contributed by atoms with E-state index in [1.165, 1.54) is 81.1 Å². The summed E-state index contributed by atoms with van der Waals surface area (Å²) in [6.07, 6.45) is 2.55. The minimum absolute atomic E-state index is 0.0111. The molecule has 5 aliphatic heterocycles. The third-order valence-corrected chi connectivity index (χ3v) is 22.5. The van der Waals surface area contributed by atoms with Crippen LogP contribution in [-0.4, -0.2) is 209 Å². The molecule has 18 rings (SSSR count). The van der Waals surface area contributed by atoms with E-state index in [9.17, 15) is 67.3 Å². The number of urea groups is 3. The average Bonchev–Trinajstić information content (AvgIpc) is 1.60. The number of nitrogens with one attached hydrogen (secondary N) is 8. The second kappa shape index (κ2) is 40.0. The van der Waals surface area contributed by atoms with Crippen LogP contribution in [0.3, 0.4) is 0 Å². The molecule has 6 aromatic carbocycles. The van der Waals surface area contributed by atoms with Gasteiger partial charge in [0.15, 0.2) is 82.3 Å². The second-order valence-electron chi connectivity index (χ2n) is 30.6. The summed E-state index contributed by atoms with van der Waals surface area (Å²) in [6.45, 7) is 6.64. The van der Waals surface area contributed by atoms with Crippen molar-refractivity contribution in [2.24, 2.45) is 5.92 Å². The molecule has 12 unspecified atom stereocenters. The summed E-state index contributed by atoms with van der Waals surface area (Å²) in [5, 5.41) is 49.7. The summed E-state index contributed by atoms with van der Waals surface area (Å²) >= 11 is 6.21. The van der Waals surface area contributed by atoms with E-state index >= 15 is 0 Å². The highest BCUT2D eigenvalue weighted by atomic mass is 35.5. The first-order chi connectivity index (χ1) is 63.9. The van der Waals surface area contributed by atoms with Gasteiger partial charge in [-0.05, 0) is 81.1 Å². The Morgan fingerprint density at radius 1 is 0.447 bits per heavy atom. The first kappa shape index (κ1) is 90.5. The Kier molecular flexibility index (Phi) is 27.5. The molecule has 0 bridgehead atoms. The summed E-state index contributed by atoms with van der Waals surface area (Å²) in [6, 6.07) is 38.0. The Morgan fingerprint density at radius 2 is 0.871 bits per heavy atom. The second-order valence-corrected chi connectivity index (χ2v) is 31.0. The maximum atomic E-state index is 14.8. The number of amides is 9. The SMILES string of the molecule is CCNC(=O)Nc1ncnc2c1ncn2C1CC(CC(=O)Nc2c(F)cccc2C(=O)O)C2O[C@H](/C=C/c3ccccc3)OC21.CCNC(=O)Nc1ncnc2c1ncn2C1OC(CC(=O)N(C)c2c(F)cccc2C(=O)O)C2O[C@H](c3ccccc3)OC21.CCNC(=O)Nc1ncnc2c1ncn2C1OC(CC(=O)Nc2c(Cl)cccc2C(=O)O)C2O[C@H](c3ccccc3)OC21. The van der Waals surface area contributed by atoms with Crippen molar-refractivity contribution < 1.29 is 105 Å². The van der Waals surface area contributed by atoms with Crippen molar-refractivity contribution in [1.29, 1.82) is 0 Å². The molecule has 44 heteroatoms. The Labute approximate surface area is 751 Å². The molecule has 0 radical (unpaired) electrons. The van der Waals surface area contributed by atoms with Gasteiger partial charge in [-0.15, -0.1) is 0 Å². The van der Waals surface area contributed by atoms with Gasteiger partial charge < -0.3 is 89.3 Å². The number of carbonyl (C=O) groups excluding carboxylic acids is 6. The first-order valence-electron chi connectivity index (χ1n) is 41.6. The molecule has 0 spiro atoms. The smallest absolute Gasteiger partial charge is 0.337 e. The standard InChI is InChI=1S/C31H30FN7O6.C29H28FN7O7.C28H26ClN7O7/c1-2-33-31(43)38-28-25-29(35-15-34-28)39(16-36-25)21-13-18(14-22(40)37-24-19(30(41)42)9-6-10-20(24)32)26-27(21)45-23(44-26)12-11-17-7-4-3-5-8-17;1-3-31-29(41)35-24-20-25(33-13-32-24)37(14-34-20)26-23-22(43-28(44-23)15-8-5-4-6-9-15)18(42-26)12-19(38)36(2)21-16(27(39)40)10-7-11-17(21)30;1-2-30-28(40)35-23-20-24(32-12-31-23)36(13-33-20)25-22-21(42-27(43-22)14-7-4-3-5-8-14)17(41-25)11-18(37)34-19-15(26(38)39)9-6-10-16(19)29/h3-12,15-16,18,21,23,26-27H,2,13-14H2,1H3,(H,37,40)(H,41,42)(H2,33,34,35,38,43);4-11,13-14,18,22-23,26,28H,3,12H2,1-2H3,(H,39,40)(H2,31,32,33,35,41);3-10,12-13,17,21-22,25,27H,2,11H2,1H3,(H,34,37)(H,38,39)(H2,30,31,32,35,40)/b12-11+;;/t18?,21?,23-,26?,27?;18?,22?,23?,26?,28-;17?,21?,22?,25?,27-/m000/s1. The van der Waals surface area contributed by atoms with Crippen molar-refractivity contribution in [3.8, 4) is 0 Å². The molecule has 1 saturated carbocycles. The lowest BCUT2D eigenvalue weighted by Crippen LogP contribution is -2.36. The van der Waals surface area contributed by atoms with E-state index in [1.807, 2.05) is 102 Å². The van der Waals surface area contributed by atoms with Crippen LogP contribution >= 0.6 is 11.6 Å². The van der Waals surface area contributed by atoms with Gasteiger partial charge >= 0.3 is 36.0 Å². The monoisotopic (exact) mass is 1830 g/mol. The molecule has 6 fully saturated rings. The molecule has 11 heterocycles. The van der Waals surface area contributed by atoms with Crippen LogP contribution in [0.1, 0.15) is 125 Å². The number of halogens is 3. The fourth-order valence-electron chi connectivity index (χ4n) is 16.4. The van der Waals surface area contributed by atoms with Gasteiger partial charge in [0.2, 0.25) is 17.7 Å². The van der Waals surface area contributed by atoms with E-state index in [4.69, 9.17) is 49.5 Å². The maximum Gasteiger partial charge on any atom is 0.337 e. The molecule has 6 aliphatic rings. The highest BCUT2D eigenvalue weighted by molar-refractivity contribution is 6.34. The molecule has 6 aromatic heterocycles. The van der Waals surface area contributed by atoms with E-state index < -0.39 is 151 Å².